The number of urea groups is 1. The van der Waals surface area contributed by atoms with Crippen molar-refractivity contribution < 1.29 is 14.7 Å². The molecule has 2 unspecified atom stereocenters. The van der Waals surface area contributed by atoms with Gasteiger partial charge in [0.2, 0.25) is 0 Å². The van der Waals surface area contributed by atoms with Crippen LogP contribution in [0.4, 0.5) is 4.79 Å². The van der Waals surface area contributed by atoms with Crippen LogP contribution in [0.2, 0.25) is 0 Å². The van der Waals surface area contributed by atoms with Crippen LogP contribution in [0.15, 0.2) is 0 Å². The van der Waals surface area contributed by atoms with Gasteiger partial charge in [0.05, 0.1) is 5.92 Å². The van der Waals surface area contributed by atoms with Crippen molar-refractivity contribution in [3.8, 4) is 0 Å². The molecule has 0 aromatic carbocycles. The summed E-state index contributed by atoms with van der Waals surface area (Å²) in [7, 11) is 5.65. The summed E-state index contributed by atoms with van der Waals surface area (Å²) in [6, 6.07) is -0.422. The molecule has 20 heavy (non-hydrogen) atoms. The monoisotopic (exact) mass is 285 g/mol. The third-order valence-electron chi connectivity index (χ3n) is 3.87. The maximum absolute atomic E-state index is 12.1. The van der Waals surface area contributed by atoms with E-state index < -0.39 is 11.9 Å². The number of amides is 2. The Morgan fingerprint density at radius 3 is 2.35 bits per heavy atom. The number of hydrogen-bond acceptors (Lipinski definition) is 3. The summed E-state index contributed by atoms with van der Waals surface area (Å²) < 4.78 is 0. The molecule has 0 aliphatic heterocycles. The van der Waals surface area contributed by atoms with Crippen molar-refractivity contribution >= 4 is 12.0 Å². The summed E-state index contributed by atoms with van der Waals surface area (Å²) in [5, 5.41) is 12.2. The number of nitrogens with one attached hydrogen (secondary N) is 1. The highest BCUT2D eigenvalue weighted by Crippen LogP contribution is 2.23. The third kappa shape index (κ3) is 5.36. The van der Waals surface area contributed by atoms with E-state index in [9.17, 15) is 14.7 Å². The van der Waals surface area contributed by atoms with E-state index in [4.69, 9.17) is 0 Å². The standard InChI is InChI=1S/C14H27N3O3/c1-16(2)9-10-17(3)14(20)15-12-8-6-4-5-7-11(12)13(18)19/h11-12H,4-10H2,1-3H3,(H,15,20)(H,18,19). The summed E-state index contributed by atoms with van der Waals surface area (Å²) in [6.45, 7) is 1.42. The molecule has 2 amide bonds. The molecule has 1 rings (SSSR count). The summed E-state index contributed by atoms with van der Waals surface area (Å²) in [5.74, 6) is -1.25. The summed E-state index contributed by atoms with van der Waals surface area (Å²) in [6.07, 6.45) is 4.37. The van der Waals surface area contributed by atoms with Crippen LogP contribution in [0, 0.1) is 5.92 Å². The number of aliphatic carboxylic acids is 1. The van der Waals surface area contributed by atoms with Crippen LogP contribution in [0.25, 0.3) is 0 Å². The lowest BCUT2D eigenvalue weighted by Gasteiger charge is -2.27. The average molecular weight is 285 g/mol. The Morgan fingerprint density at radius 1 is 1.10 bits per heavy atom. The number of carbonyl (C=O) groups excluding carboxylic acids is 1. The molecule has 0 aromatic heterocycles. The maximum Gasteiger partial charge on any atom is 0.317 e. The lowest BCUT2D eigenvalue weighted by molar-refractivity contribution is -0.142. The van der Waals surface area contributed by atoms with Gasteiger partial charge in [0.15, 0.2) is 0 Å². The van der Waals surface area contributed by atoms with Crippen molar-refractivity contribution in [2.24, 2.45) is 5.92 Å². The molecular formula is C14H27N3O3. The van der Waals surface area contributed by atoms with Gasteiger partial charge in [-0.1, -0.05) is 19.3 Å². The van der Waals surface area contributed by atoms with Crippen LogP contribution >= 0.6 is 0 Å². The van der Waals surface area contributed by atoms with Gasteiger partial charge in [0.1, 0.15) is 0 Å². The molecule has 1 saturated carbocycles. The van der Waals surface area contributed by atoms with Crippen molar-refractivity contribution in [1.82, 2.24) is 15.1 Å². The predicted octanol–water partition coefficient (Wildman–Crippen LogP) is 1.22. The van der Waals surface area contributed by atoms with Crippen molar-refractivity contribution in [2.75, 3.05) is 34.2 Å². The molecule has 116 valence electrons. The molecular weight excluding hydrogens is 258 g/mol. The molecule has 2 N–H and O–H groups in total. The smallest absolute Gasteiger partial charge is 0.317 e. The van der Waals surface area contributed by atoms with Gasteiger partial charge in [-0.25, -0.2) is 4.79 Å². The van der Waals surface area contributed by atoms with Crippen molar-refractivity contribution in [2.45, 2.75) is 38.1 Å². The van der Waals surface area contributed by atoms with Gasteiger partial charge in [0.25, 0.3) is 0 Å². The minimum Gasteiger partial charge on any atom is -0.481 e. The van der Waals surface area contributed by atoms with Gasteiger partial charge in [-0.3, -0.25) is 4.79 Å². The SMILES string of the molecule is CN(C)CCN(C)C(=O)NC1CCCCCC1C(=O)O. The molecule has 0 aromatic rings. The van der Waals surface area contributed by atoms with Gasteiger partial charge in [0, 0.05) is 26.2 Å². The van der Waals surface area contributed by atoms with E-state index in [0.717, 1.165) is 32.2 Å². The highest BCUT2D eigenvalue weighted by Gasteiger charge is 2.31. The van der Waals surface area contributed by atoms with E-state index in [1.165, 1.54) is 0 Å². The first kappa shape index (κ1) is 16.8. The van der Waals surface area contributed by atoms with Crippen LogP contribution in [0.1, 0.15) is 32.1 Å². The average Bonchev–Trinajstić information content (AvgIpc) is 2.61. The van der Waals surface area contributed by atoms with Crippen LogP contribution in [0.5, 0.6) is 0 Å². The third-order valence-corrected chi connectivity index (χ3v) is 3.87. The van der Waals surface area contributed by atoms with Gasteiger partial charge >= 0.3 is 12.0 Å². The maximum atomic E-state index is 12.1. The van der Waals surface area contributed by atoms with E-state index in [-0.39, 0.29) is 12.1 Å². The van der Waals surface area contributed by atoms with E-state index in [0.29, 0.717) is 13.0 Å². The normalized spacial score (nSPS) is 23.2. The zero-order valence-corrected chi connectivity index (χ0v) is 12.8. The van der Waals surface area contributed by atoms with Gasteiger partial charge < -0.3 is 20.2 Å². The Morgan fingerprint density at radius 2 is 1.75 bits per heavy atom. The van der Waals surface area contributed by atoms with Crippen molar-refractivity contribution in [3.05, 3.63) is 0 Å². The van der Waals surface area contributed by atoms with Crippen LogP contribution in [-0.4, -0.2) is 67.2 Å². The van der Waals surface area contributed by atoms with Crippen LogP contribution in [-0.2, 0) is 4.79 Å². The molecule has 1 aliphatic carbocycles. The molecule has 0 saturated heterocycles. The molecule has 0 bridgehead atoms. The second-order valence-corrected chi connectivity index (χ2v) is 5.86. The zero-order chi connectivity index (χ0) is 15.1. The number of likely N-dealkylation sites (N-methyl/N-ethyl adjacent to an activating group) is 2. The summed E-state index contributed by atoms with van der Waals surface area (Å²) in [4.78, 5) is 27.0. The fourth-order valence-corrected chi connectivity index (χ4v) is 2.50. The lowest BCUT2D eigenvalue weighted by Crippen LogP contribution is -2.48. The second kappa shape index (κ2) is 8.09. The van der Waals surface area contributed by atoms with Gasteiger partial charge in [-0.05, 0) is 26.9 Å². The number of carboxylic acid groups (broad SMARTS) is 1. The molecule has 0 spiro atoms. The van der Waals surface area contributed by atoms with Gasteiger partial charge in [-0.15, -0.1) is 0 Å². The molecule has 6 nitrogen and oxygen atoms in total. The second-order valence-electron chi connectivity index (χ2n) is 5.86. The first-order chi connectivity index (χ1) is 9.41. The first-order valence-electron chi connectivity index (χ1n) is 7.31. The van der Waals surface area contributed by atoms with Crippen molar-refractivity contribution in [3.63, 3.8) is 0 Å². The van der Waals surface area contributed by atoms with E-state index in [1.54, 1.807) is 11.9 Å². The highest BCUT2D eigenvalue weighted by atomic mass is 16.4. The molecule has 0 heterocycles. The van der Waals surface area contributed by atoms with Crippen LogP contribution in [0.3, 0.4) is 0 Å². The van der Waals surface area contributed by atoms with E-state index in [2.05, 4.69) is 5.32 Å². The molecule has 1 aliphatic rings. The first-order valence-corrected chi connectivity index (χ1v) is 7.31. The summed E-state index contributed by atoms with van der Waals surface area (Å²) in [5.41, 5.74) is 0. The number of rotatable bonds is 5. The van der Waals surface area contributed by atoms with E-state index >= 15 is 0 Å². The molecule has 2 atom stereocenters. The van der Waals surface area contributed by atoms with Crippen LogP contribution < -0.4 is 5.32 Å². The Bertz CT molecular complexity index is 334. The zero-order valence-electron chi connectivity index (χ0n) is 12.8. The summed E-state index contributed by atoms with van der Waals surface area (Å²) >= 11 is 0. The lowest BCUT2D eigenvalue weighted by atomic mass is 9.95. The minimum absolute atomic E-state index is 0.176. The van der Waals surface area contributed by atoms with Gasteiger partial charge in [-0.2, -0.15) is 0 Å². The fraction of sp³-hybridized carbons (Fsp3) is 0.857. The Balaban J connectivity index is 2.54. The fourth-order valence-electron chi connectivity index (χ4n) is 2.50. The minimum atomic E-state index is -0.798. The van der Waals surface area contributed by atoms with Crippen molar-refractivity contribution in [1.29, 1.82) is 0 Å². The van der Waals surface area contributed by atoms with E-state index in [1.807, 2.05) is 19.0 Å². The topological polar surface area (TPSA) is 72.9 Å². The highest BCUT2D eigenvalue weighted by molar-refractivity contribution is 5.76. The predicted molar refractivity (Wildman–Crippen MR) is 77.7 cm³/mol. The Labute approximate surface area is 121 Å². The number of hydrogen-bond donors (Lipinski definition) is 2. The number of carbonyl (C=O) groups is 2. The Hall–Kier alpha value is -1.30. The number of carboxylic acids is 1. The molecule has 1 fully saturated rings. The molecule has 6 heteroatoms. The number of nitrogens with zero attached hydrogens (tertiary/aromatic N) is 2. The largest absolute Gasteiger partial charge is 0.481 e. The molecule has 0 radical (unpaired) electrons. The Kier molecular flexibility index (Phi) is 6.78. The quantitative estimate of drug-likeness (QED) is 0.745.